The fourth-order valence-corrected chi connectivity index (χ4v) is 5.30. The molecular formula is C34H23N. The second kappa shape index (κ2) is 8.00. The minimum Gasteiger partial charge on any atom is -0.310 e. The Morgan fingerprint density at radius 2 is 0.714 bits per heavy atom. The van der Waals surface area contributed by atoms with Crippen LogP contribution in [0.2, 0.25) is 0 Å². The van der Waals surface area contributed by atoms with Crippen LogP contribution >= 0.6 is 0 Å². The summed E-state index contributed by atoms with van der Waals surface area (Å²) in [6.45, 7) is 0. The van der Waals surface area contributed by atoms with Gasteiger partial charge < -0.3 is 4.90 Å². The van der Waals surface area contributed by atoms with Crippen molar-refractivity contribution in [1.29, 1.82) is 0 Å². The molecule has 1 nitrogen and oxygen atoms in total. The van der Waals surface area contributed by atoms with E-state index in [0.29, 0.717) is 0 Å². The predicted octanol–water partition coefficient (Wildman–Crippen LogP) is 9.77. The molecule has 0 aromatic heterocycles. The maximum absolute atomic E-state index is 2.35. The molecule has 0 aliphatic carbocycles. The zero-order chi connectivity index (χ0) is 23.2. The van der Waals surface area contributed by atoms with Gasteiger partial charge >= 0.3 is 0 Å². The highest BCUT2D eigenvalue weighted by atomic mass is 15.1. The lowest BCUT2D eigenvalue weighted by atomic mass is 10.00. The lowest BCUT2D eigenvalue weighted by Gasteiger charge is -2.26. The number of hydrogen-bond donors (Lipinski definition) is 0. The molecule has 0 N–H and O–H groups in total. The van der Waals surface area contributed by atoms with Crippen molar-refractivity contribution < 1.29 is 0 Å². The van der Waals surface area contributed by atoms with Crippen molar-refractivity contribution in [3.05, 3.63) is 140 Å². The molecule has 0 heterocycles. The molecule has 35 heavy (non-hydrogen) atoms. The Kier molecular flexibility index (Phi) is 4.53. The molecule has 0 aliphatic heterocycles. The largest absolute Gasteiger partial charge is 0.310 e. The lowest BCUT2D eigenvalue weighted by Crippen LogP contribution is -2.09. The Labute approximate surface area is 204 Å². The first-order chi connectivity index (χ1) is 17.3. The fraction of sp³-hybridized carbons (Fsp3) is 0. The summed E-state index contributed by atoms with van der Waals surface area (Å²) >= 11 is 0. The molecule has 164 valence electrons. The molecule has 0 saturated carbocycles. The van der Waals surface area contributed by atoms with Crippen LogP contribution in [-0.2, 0) is 0 Å². The van der Waals surface area contributed by atoms with Gasteiger partial charge in [-0.25, -0.2) is 0 Å². The molecule has 0 amide bonds. The quantitative estimate of drug-likeness (QED) is 0.245. The van der Waals surface area contributed by atoms with Crippen LogP contribution in [0.15, 0.2) is 140 Å². The Morgan fingerprint density at radius 1 is 0.286 bits per heavy atom. The number of rotatable bonds is 3. The number of nitrogens with zero attached hydrogens (tertiary/aromatic N) is 1. The minimum atomic E-state index is 1.15. The van der Waals surface area contributed by atoms with E-state index in [1.165, 1.54) is 43.1 Å². The Bertz CT molecular complexity index is 1730. The van der Waals surface area contributed by atoms with Crippen molar-refractivity contribution in [1.82, 2.24) is 0 Å². The van der Waals surface area contributed by atoms with Gasteiger partial charge in [-0.05, 0) is 79.5 Å². The van der Waals surface area contributed by atoms with Crippen LogP contribution < -0.4 is 4.90 Å². The first kappa shape index (κ1) is 19.8. The van der Waals surface area contributed by atoms with Gasteiger partial charge in [-0.3, -0.25) is 0 Å². The fourth-order valence-electron chi connectivity index (χ4n) is 5.30. The van der Waals surface area contributed by atoms with Crippen molar-refractivity contribution in [3.8, 4) is 0 Å². The smallest absolute Gasteiger partial charge is 0.0468 e. The molecule has 0 aliphatic rings. The van der Waals surface area contributed by atoms with E-state index in [9.17, 15) is 0 Å². The van der Waals surface area contributed by atoms with Gasteiger partial charge in [0.05, 0.1) is 0 Å². The first-order valence-corrected chi connectivity index (χ1v) is 12.0. The van der Waals surface area contributed by atoms with Crippen LogP contribution in [0, 0.1) is 0 Å². The summed E-state index contributed by atoms with van der Waals surface area (Å²) in [5, 5.41) is 10.2. The van der Waals surface area contributed by atoms with E-state index in [2.05, 4.69) is 144 Å². The van der Waals surface area contributed by atoms with Crippen LogP contribution in [0.25, 0.3) is 43.1 Å². The summed E-state index contributed by atoms with van der Waals surface area (Å²) in [7, 11) is 0. The zero-order valence-corrected chi connectivity index (χ0v) is 19.2. The standard InChI is InChI=1S/C34H23N/c1-2-10-28(11-3-1)35(29-18-20-33-26(22-29)16-14-24-8-4-6-12-31(24)33)30-19-21-34-27(23-30)17-15-25-9-5-7-13-32(25)34/h1-23H. The third kappa shape index (κ3) is 3.33. The van der Waals surface area contributed by atoms with E-state index >= 15 is 0 Å². The predicted molar refractivity (Wildman–Crippen MR) is 151 cm³/mol. The Hall–Kier alpha value is -4.62. The molecular weight excluding hydrogens is 422 g/mol. The Balaban J connectivity index is 1.44. The molecule has 1 heteroatoms. The van der Waals surface area contributed by atoms with Gasteiger partial charge in [0.15, 0.2) is 0 Å². The normalized spacial score (nSPS) is 11.4. The first-order valence-electron chi connectivity index (χ1n) is 12.0. The molecule has 7 aromatic carbocycles. The zero-order valence-electron chi connectivity index (χ0n) is 19.2. The highest BCUT2D eigenvalue weighted by Gasteiger charge is 2.14. The number of para-hydroxylation sites is 1. The molecule has 0 radical (unpaired) electrons. The Morgan fingerprint density at radius 3 is 1.26 bits per heavy atom. The number of hydrogen-bond acceptors (Lipinski definition) is 1. The van der Waals surface area contributed by atoms with E-state index in [4.69, 9.17) is 0 Å². The van der Waals surface area contributed by atoms with Gasteiger partial charge in [0.25, 0.3) is 0 Å². The van der Waals surface area contributed by atoms with Crippen molar-refractivity contribution in [3.63, 3.8) is 0 Å². The summed E-state index contributed by atoms with van der Waals surface area (Å²) in [6.07, 6.45) is 0. The molecule has 0 saturated heterocycles. The summed E-state index contributed by atoms with van der Waals surface area (Å²) in [5.41, 5.74) is 3.45. The van der Waals surface area contributed by atoms with Crippen LogP contribution in [-0.4, -0.2) is 0 Å². The van der Waals surface area contributed by atoms with Crippen molar-refractivity contribution in [2.24, 2.45) is 0 Å². The van der Waals surface area contributed by atoms with Crippen LogP contribution in [0.5, 0.6) is 0 Å². The molecule has 0 unspecified atom stereocenters. The van der Waals surface area contributed by atoms with Gasteiger partial charge in [-0.2, -0.15) is 0 Å². The number of benzene rings is 7. The number of fused-ring (bicyclic) bond motifs is 6. The summed E-state index contributed by atoms with van der Waals surface area (Å²) in [5.74, 6) is 0. The maximum atomic E-state index is 2.35. The maximum Gasteiger partial charge on any atom is 0.0468 e. The molecule has 0 bridgehead atoms. The van der Waals surface area contributed by atoms with Gasteiger partial charge in [0.2, 0.25) is 0 Å². The van der Waals surface area contributed by atoms with Crippen LogP contribution in [0.1, 0.15) is 0 Å². The second-order valence-corrected chi connectivity index (χ2v) is 9.06. The second-order valence-electron chi connectivity index (χ2n) is 9.06. The average Bonchev–Trinajstić information content (AvgIpc) is 2.93. The molecule has 7 rings (SSSR count). The number of anilines is 3. The van der Waals surface area contributed by atoms with E-state index in [1.807, 2.05) is 0 Å². The van der Waals surface area contributed by atoms with Gasteiger partial charge in [0.1, 0.15) is 0 Å². The van der Waals surface area contributed by atoms with E-state index in [1.54, 1.807) is 0 Å². The monoisotopic (exact) mass is 445 g/mol. The molecule has 0 spiro atoms. The van der Waals surface area contributed by atoms with Crippen molar-refractivity contribution >= 4 is 60.2 Å². The highest BCUT2D eigenvalue weighted by Crippen LogP contribution is 2.39. The van der Waals surface area contributed by atoms with E-state index in [0.717, 1.165) is 17.1 Å². The van der Waals surface area contributed by atoms with E-state index in [-0.39, 0.29) is 0 Å². The third-order valence-electron chi connectivity index (χ3n) is 6.99. The average molecular weight is 446 g/mol. The summed E-state index contributed by atoms with van der Waals surface area (Å²) in [4.78, 5) is 2.35. The lowest BCUT2D eigenvalue weighted by molar-refractivity contribution is 1.29. The molecule has 0 fully saturated rings. The van der Waals surface area contributed by atoms with Crippen LogP contribution in [0.3, 0.4) is 0 Å². The summed E-state index contributed by atoms with van der Waals surface area (Å²) < 4.78 is 0. The third-order valence-corrected chi connectivity index (χ3v) is 6.99. The van der Waals surface area contributed by atoms with Gasteiger partial charge in [-0.1, -0.05) is 103 Å². The van der Waals surface area contributed by atoms with Crippen molar-refractivity contribution in [2.75, 3.05) is 4.90 Å². The molecule has 7 aromatic rings. The van der Waals surface area contributed by atoms with Crippen molar-refractivity contribution in [2.45, 2.75) is 0 Å². The van der Waals surface area contributed by atoms with Crippen LogP contribution in [0.4, 0.5) is 17.1 Å². The summed E-state index contributed by atoms with van der Waals surface area (Å²) in [6, 6.07) is 50.4. The molecule has 0 atom stereocenters. The van der Waals surface area contributed by atoms with Gasteiger partial charge in [0, 0.05) is 17.1 Å². The highest BCUT2D eigenvalue weighted by molar-refractivity contribution is 6.10. The van der Waals surface area contributed by atoms with Gasteiger partial charge in [-0.15, -0.1) is 0 Å². The minimum absolute atomic E-state index is 1.15. The van der Waals surface area contributed by atoms with E-state index < -0.39 is 0 Å². The SMILES string of the molecule is c1ccc(N(c2ccc3c(ccc4ccccc43)c2)c2ccc3c(ccc4ccccc43)c2)cc1. The topological polar surface area (TPSA) is 3.24 Å².